The summed E-state index contributed by atoms with van der Waals surface area (Å²) in [5.74, 6) is -0.194. The largest absolute Gasteiger partial charge is 0.465 e. The number of hydrogen-bond donors (Lipinski definition) is 0. The van der Waals surface area contributed by atoms with Crippen molar-refractivity contribution in [2.24, 2.45) is 17.8 Å². The summed E-state index contributed by atoms with van der Waals surface area (Å²) < 4.78 is 11.3. The summed E-state index contributed by atoms with van der Waals surface area (Å²) in [5, 5.41) is 0. The fourth-order valence-corrected chi connectivity index (χ4v) is 4.24. The average molecular weight is 367 g/mol. The number of unbranched alkanes of at least 4 members (excludes halogenated alkanes) is 2. The van der Waals surface area contributed by atoms with Gasteiger partial charge in [-0.3, -0.25) is 9.59 Å². The van der Waals surface area contributed by atoms with Crippen LogP contribution in [0.25, 0.3) is 0 Å². The topological polar surface area (TPSA) is 52.6 Å². The molecule has 4 nitrogen and oxygen atoms in total. The van der Waals surface area contributed by atoms with Crippen LogP contribution in [0.4, 0.5) is 0 Å². The molecule has 0 aromatic carbocycles. The van der Waals surface area contributed by atoms with Crippen LogP contribution >= 0.6 is 0 Å². The van der Waals surface area contributed by atoms with Gasteiger partial charge >= 0.3 is 11.9 Å². The van der Waals surface area contributed by atoms with Crippen LogP contribution in [0.15, 0.2) is 0 Å². The maximum atomic E-state index is 12.6. The minimum atomic E-state index is -0.296. The first kappa shape index (κ1) is 21.2. The summed E-state index contributed by atoms with van der Waals surface area (Å²) in [5.41, 5.74) is 0. The van der Waals surface area contributed by atoms with Gasteiger partial charge in [0, 0.05) is 0 Å². The van der Waals surface area contributed by atoms with Crippen molar-refractivity contribution in [3.05, 3.63) is 0 Å². The van der Waals surface area contributed by atoms with Crippen LogP contribution in [-0.4, -0.2) is 24.6 Å². The van der Waals surface area contributed by atoms with Gasteiger partial charge in [-0.2, -0.15) is 0 Å². The van der Waals surface area contributed by atoms with Gasteiger partial charge in [-0.15, -0.1) is 0 Å². The van der Waals surface area contributed by atoms with Gasteiger partial charge in [-0.05, 0) is 50.9 Å². The van der Waals surface area contributed by atoms with E-state index in [0.29, 0.717) is 6.61 Å². The van der Waals surface area contributed by atoms with Crippen molar-refractivity contribution in [2.75, 3.05) is 6.61 Å². The van der Waals surface area contributed by atoms with Crippen molar-refractivity contribution in [3.8, 4) is 0 Å². The van der Waals surface area contributed by atoms with Crippen LogP contribution in [-0.2, 0) is 19.1 Å². The van der Waals surface area contributed by atoms with Crippen molar-refractivity contribution in [3.63, 3.8) is 0 Å². The monoisotopic (exact) mass is 366 g/mol. The molecule has 2 atom stereocenters. The predicted octanol–water partition coefficient (Wildman–Crippen LogP) is 5.43. The zero-order valence-electron chi connectivity index (χ0n) is 16.8. The number of carbonyl (C=O) groups is 2. The molecule has 2 rings (SSSR count). The highest BCUT2D eigenvalue weighted by Gasteiger charge is 2.38. The lowest BCUT2D eigenvalue weighted by atomic mass is 9.79. The van der Waals surface area contributed by atoms with E-state index in [4.69, 9.17) is 9.47 Å². The van der Waals surface area contributed by atoms with Crippen molar-refractivity contribution in [1.29, 1.82) is 0 Å². The van der Waals surface area contributed by atoms with Crippen LogP contribution in [0.2, 0.25) is 0 Å². The van der Waals surface area contributed by atoms with E-state index in [1.165, 1.54) is 19.3 Å². The number of esters is 2. The lowest BCUT2D eigenvalue weighted by Crippen LogP contribution is -2.37. The lowest BCUT2D eigenvalue weighted by Gasteiger charge is -2.30. The third-order valence-electron chi connectivity index (χ3n) is 5.88. The highest BCUT2D eigenvalue weighted by atomic mass is 16.5. The molecule has 0 N–H and O–H groups in total. The standard InChI is InChI=1S/C22H38O4/c1-17(2)11-5-4-10-16-25-21(23)19-14-8-9-15-20(19)22(24)26-18-12-6-3-7-13-18/h17-20H,3-16H2,1-2H3. The molecule has 0 aromatic heterocycles. The molecule has 0 saturated heterocycles. The normalized spacial score (nSPS) is 24.4. The minimum Gasteiger partial charge on any atom is -0.465 e. The summed E-state index contributed by atoms with van der Waals surface area (Å²) in [4.78, 5) is 25.1. The molecular formula is C22H38O4. The first-order chi connectivity index (χ1) is 12.6. The molecule has 4 heteroatoms. The molecule has 0 aliphatic heterocycles. The second-order valence-electron chi connectivity index (χ2n) is 8.61. The van der Waals surface area contributed by atoms with Gasteiger partial charge < -0.3 is 9.47 Å². The molecule has 2 unspecified atom stereocenters. The van der Waals surface area contributed by atoms with E-state index >= 15 is 0 Å². The van der Waals surface area contributed by atoms with Gasteiger partial charge in [0.1, 0.15) is 6.10 Å². The number of hydrogen-bond acceptors (Lipinski definition) is 4. The predicted molar refractivity (Wildman–Crippen MR) is 103 cm³/mol. The fourth-order valence-electron chi connectivity index (χ4n) is 4.24. The Hall–Kier alpha value is -1.06. The van der Waals surface area contributed by atoms with Crippen LogP contribution in [0.1, 0.15) is 97.3 Å². The summed E-state index contributed by atoms with van der Waals surface area (Å²) in [6, 6.07) is 0. The zero-order valence-corrected chi connectivity index (χ0v) is 16.8. The van der Waals surface area contributed by atoms with Crippen LogP contribution in [0, 0.1) is 17.8 Å². The summed E-state index contributed by atoms with van der Waals surface area (Å²) in [6.07, 6.45) is 13.5. The Bertz CT molecular complexity index is 426. The van der Waals surface area contributed by atoms with Crippen LogP contribution < -0.4 is 0 Å². The second kappa shape index (κ2) is 11.6. The molecule has 0 heterocycles. The number of ether oxygens (including phenoxy) is 2. The van der Waals surface area contributed by atoms with E-state index in [-0.39, 0.29) is 29.9 Å². The Morgan fingerprint density at radius 2 is 1.42 bits per heavy atom. The van der Waals surface area contributed by atoms with Crippen molar-refractivity contribution >= 4 is 11.9 Å². The van der Waals surface area contributed by atoms with Crippen molar-refractivity contribution in [1.82, 2.24) is 0 Å². The molecule has 0 spiro atoms. The lowest BCUT2D eigenvalue weighted by molar-refractivity contribution is -0.167. The fraction of sp³-hybridized carbons (Fsp3) is 0.909. The second-order valence-corrected chi connectivity index (χ2v) is 8.61. The summed E-state index contributed by atoms with van der Waals surface area (Å²) in [7, 11) is 0. The molecule has 26 heavy (non-hydrogen) atoms. The van der Waals surface area contributed by atoms with Crippen molar-refractivity contribution in [2.45, 2.75) is 103 Å². The summed E-state index contributed by atoms with van der Waals surface area (Å²) in [6.45, 7) is 4.95. The molecule has 0 aromatic rings. The maximum absolute atomic E-state index is 12.6. The van der Waals surface area contributed by atoms with E-state index in [0.717, 1.165) is 70.1 Å². The Balaban J connectivity index is 1.73. The van der Waals surface area contributed by atoms with Gasteiger partial charge in [0.25, 0.3) is 0 Å². The molecule has 0 bridgehead atoms. The van der Waals surface area contributed by atoms with Gasteiger partial charge in [0.15, 0.2) is 0 Å². The molecule has 0 radical (unpaired) electrons. The van der Waals surface area contributed by atoms with Crippen LogP contribution in [0.5, 0.6) is 0 Å². The molecule has 150 valence electrons. The Kier molecular flexibility index (Phi) is 9.49. The number of carbonyl (C=O) groups excluding carboxylic acids is 2. The van der Waals surface area contributed by atoms with E-state index < -0.39 is 0 Å². The highest BCUT2D eigenvalue weighted by molar-refractivity contribution is 5.82. The van der Waals surface area contributed by atoms with E-state index in [1.807, 2.05) is 0 Å². The molecule has 2 saturated carbocycles. The zero-order chi connectivity index (χ0) is 18.8. The third kappa shape index (κ3) is 7.28. The Morgan fingerprint density at radius 1 is 0.808 bits per heavy atom. The third-order valence-corrected chi connectivity index (χ3v) is 5.88. The average Bonchev–Trinajstić information content (AvgIpc) is 2.65. The first-order valence-electron chi connectivity index (χ1n) is 10.9. The minimum absolute atomic E-state index is 0.0656. The number of rotatable bonds is 9. The van der Waals surface area contributed by atoms with E-state index in [9.17, 15) is 9.59 Å². The highest BCUT2D eigenvalue weighted by Crippen LogP contribution is 2.33. The van der Waals surface area contributed by atoms with E-state index in [2.05, 4.69) is 13.8 Å². The first-order valence-corrected chi connectivity index (χ1v) is 10.9. The maximum Gasteiger partial charge on any atom is 0.310 e. The molecule has 0 amide bonds. The molecule has 2 aliphatic carbocycles. The molecule has 2 aliphatic rings. The van der Waals surface area contributed by atoms with Crippen LogP contribution in [0.3, 0.4) is 0 Å². The van der Waals surface area contributed by atoms with E-state index in [1.54, 1.807) is 0 Å². The van der Waals surface area contributed by atoms with Gasteiger partial charge in [-0.25, -0.2) is 0 Å². The SMILES string of the molecule is CC(C)CCCCCOC(=O)C1CCCCC1C(=O)OC1CCCCC1. The smallest absolute Gasteiger partial charge is 0.310 e. The quantitative estimate of drug-likeness (QED) is 0.403. The molecular weight excluding hydrogens is 328 g/mol. The van der Waals surface area contributed by atoms with Gasteiger partial charge in [0.05, 0.1) is 18.4 Å². The molecule has 2 fully saturated rings. The van der Waals surface area contributed by atoms with Gasteiger partial charge in [-0.1, -0.05) is 52.4 Å². The Labute approximate surface area is 159 Å². The van der Waals surface area contributed by atoms with Gasteiger partial charge in [0.2, 0.25) is 0 Å². The van der Waals surface area contributed by atoms with Crippen molar-refractivity contribution < 1.29 is 19.1 Å². The Morgan fingerprint density at radius 3 is 2.08 bits per heavy atom. The summed E-state index contributed by atoms with van der Waals surface area (Å²) >= 11 is 0.